The molecular weight excluding hydrogens is 236 g/mol. The van der Waals surface area contributed by atoms with Gasteiger partial charge in [0.05, 0.1) is 6.42 Å². The zero-order valence-corrected chi connectivity index (χ0v) is 10.9. The van der Waals surface area contributed by atoms with Crippen molar-refractivity contribution in [1.82, 2.24) is 0 Å². The highest BCUT2D eigenvalue weighted by Gasteiger charge is 2.46. The van der Waals surface area contributed by atoms with E-state index >= 15 is 0 Å². The van der Waals surface area contributed by atoms with Crippen molar-refractivity contribution in [2.24, 2.45) is 0 Å². The molecule has 0 atom stereocenters. The van der Waals surface area contributed by atoms with Crippen LogP contribution in [0.25, 0.3) is 0 Å². The van der Waals surface area contributed by atoms with Gasteiger partial charge in [-0.15, -0.1) is 0 Å². The summed E-state index contributed by atoms with van der Waals surface area (Å²) in [6, 6.07) is 6.00. The van der Waals surface area contributed by atoms with E-state index in [1.807, 2.05) is 12.1 Å². The van der Waals surface area contributed by atoms with Gasteiger partial charge in [-0.2, -0.15) is 0 Å². The molecule has 92 valence electrons. The Kier molecular flexibility index (Phi) is 3.17. The molecule has 0 radical (unpaired) electrons. The SMILES string of the molecule is CC(C)c1cc(Cl)cc(C2(CC(=O)O)CC2)c1. The summed E-state index contributed by atoms with van der Waals surface area (Å²) in [6.45, 7) is 4.23. The highest BCUT2D eigenvalue weighted by atomic mass is 35.5. The summed E-state index contributed by atoms with van der Waals surface area (Å²) < 4.78 is 0. The molecule has 1 fully saturated rings. The van der Waals surface area contributed by atoms with E-state index < -0.39 is 5.97 Å². The summed E-state index contributed by atoms with van der Waals surface area (Å²) in [5, 5.41) is 9.68. The molecule has 0 spiro atoms. The molecule has 0 aromatic heterocycles. The van der Waals surface area contributed by atoms with Gasteiger partial charge in [0.2, 0.25) is 0 Å². The van der Waals surface area contributed by atoms with E-state index in [4.69, 9.17) is 16.7 Å². The van der Waals surface area contributed by atoms with Gasteiger partial charge >= 0.3 is 5.97 Å². The van der Waals surface area contributed by atoms with E-state index in [0.717, 1.165) is 18.4 Å². The summed E-state index contributed by atoms with van der Waals surface area (Å²) in [7, 11) is 0. The highest BCUT2D eigenvalue weighted by molar-refractivity contribution is 6.30. The largest absolute Gasteiger partial charge is 0.481 e. The van der Waals surface area contributed by atoms with Crippen molar-refractivity contribution in [1.29, 1.82) is 0 Å². The lowest BCUT2D eigenvalue weighted by atomic mass is 9.89. The first-order chi connectivity index (χ1) is 7.93. The second-order valence-electron chi connectivity index (χ2n) is 5.28. The number of hydrogen-bond acceptors (Lipinski definition) is 1. The van der Waals surface area contributed by atoms with Crippen LogP contribution in [-0.4, -0.2) is 11.1 Å². The summed E-state index contributed by atoms with van der Waals surface area (Å²) in [6.07, 6.45) is 2.12. The van der Waals surface area contributed by atoms with E-state index in [0.29, 0.717) is 10.9 Å². The number of hydrogen-bond donors (Lipinski definition) is 1. The van der Waals surface area contributed by atoms with Crippen molar-refractivity contribution < 1.29 is 9.90 Å². The number of carboxylic acids is 1. The first kappa shape index (κ1) is 12.4. The Morgan fingerprint density at radius 2 is 2.06 bits per heavy atom. The van der Waals surface area contributed by atoms with Crippen LogP contribution in [-0.2, 0) is 10.2 Å². The van der Waals surface area contributed by atoms with Crippen LogP contribution in [0.4, 0.5) is 0 Å². The van der Waals surface area contributed by atoms with Gasteiger partial charge < -0.3 is 5.11 Å². The maximum absolute atomic E-state index is 10.9. The Labute approximate surface area is 107 Å². The Morgan fingerprint density at radius 3 is 2.53 bits per heavy atom. The van der Waals surface area contributed by atoms with E-state index in [1.54, 1.807) is 0 Å². The number of carbonyl (C=O) groups is 1. The molecule has 0 unspecified atom stereocenters. The molecule has 2 nitrogen and oxygen atoms in total. The lowest BCUT2D eigenvalue weighted by Gasteiger charge is -2.16. The van der Waals surface area contributed by atoms with Gasteiger partial charge in [0, 0.05) is 10.4 Å². The zero-order chi connectivity index (χ0) is 12.6. The third-order valence-corrected chi connectivity index (χ3v) is 3.76. The Hall–Kier alpha value is -1.02. The van der Waals surface area contributed by atoms with Crippen molar-refractivity contribution in [3.63, 3.8) is 0 Å². The van der Waals surface area contributed by atoms with Gasteiger partial charge in [-0.1, -0.05) is 31.5 Å². The number of benzene rings is 1. The van der Waals surface area contributed by atoms with Crippen molar-refractivity contribution >= 4 is 17.6 Å². The molecule has 1 aliphatic rings. The minimum atomic E-state index is -0.728. The predicted octanol–water partition coefficient (Wildman–Crippen LogP) is 3.97. The molecule has 1 N–H and O–H groups in total. The number of rotatable bonds is 4. The smallest absolute Gasteiger partial charge is 0.304 e. The van der Waals surface area contributed by atoms with Gasteiger partial charge in [-0.3, -0.25) is 4.79 Å². The standard InChI is InChI=1S/C14H17ClO2/c1-9(2)10-5-11(7-12(15)6-10)14(3-4-14)8-13(16)17/h5-7,9H,3-4,8H2,1-2H3,(H,16,17). The van der Waals surface area contributed by atoms with Crippen LogP contribution >= 0.6 is 11.6 Å². The zero-order valence-electron chi connectivity index (χ0n) is 10.2. The van der Waals surface area contributed by atoms with Gasteiger partial charge in [0.1, 0.15) is 0 Å². The lowest BCUT2D eigenvalue weighted by molar-refractivity contribution is -0.137. The molecule has 1 saturated carbocycles. The Bertz CT molecular complexity index is 448. The summed E-state index contributed by atoms with van der Waals surface area (Å²) >= 11 is 6.12. The maximum Gasteiger partial charge on any atom is 0.304 e. The second kappa shape index (κ2) is 4.34. The first-order valence-corrected chi connectivity index (χ1v) is 6.33. The third kappa shape index (κ3) is 2.63. The summed E-state index contributed by atoms with van der Waals surface area (Å²) in [4.78, 5) is 10.9. The van der Waals surface area contributed by atoms with Crippen molar-refractivity contribution in [2.45, 2.75) is 44.4 Å². The van der Waals surface area contributed by atoms with E-state index in [1.165, 1.54) is 5.56 Å². The minimum Gasteiger partial charge on any atom is -0.481 e. The predicted molar refractivity (Wildman–Crippen MR) is 68.7 cm³/mol. The first-order valence-electron chi connectivity index (χ1n) is 5.96. The summed E-state index contributed by atoms with van der Waals surface area (Å²) in [5.74, 6) is -0.318. The molecule has 17 heavy (non-hydrogen) atoms. The number of halogens is 1. The van der Waals surface area contributed by atoms with Crippen LogP contribution < -0.4 is 0 Å². The van der Waals surface area contributed by atoms with Gasteiger partial charge in [-0.05, 0) is 42.0 Å². The van der Waals surface area contributed by atoms with Crippen LogP contribution in [0.5, 0.6) is 0 Å². The van der Waals surface area contributed by atoms with Crippen molar-refractivity contribution in [2.75, 3.05) is 0 Å². The van der Waals surface area contributed by atoms with Crippen molar-refractivity contribution in [3.8, 4) is 0 Å². The molecule has 1 aliphatic carbocycles. The molecule has 1 aromatic carbocycles. The fraction of sp³-hybridized carbons (Fsp3) is 0.500. The molecular formula is C14H17ClO2. The normalized spacial score (nSPS) is 17.2. The molecule has 0 aliphatic heterocycles. The molecule has 3 heteroatoms. The van der Waals surface area contributed by atoms with E-state index in [-0.39, 0.29) is 11.8 Å². The second-order valence-corrected chi connectivity index (χ2v) is 5.72. The Balaban J connectivity index is 2.35. The lowest BCUT2D eigenvalue weighted by Crippen LogP contribution is -2.13. The number of carboxylic acid groups (broad SMARTS) is 1. The van der Waals surface area contributed by atoms with E-state index in [2.05, 4.69) is 19.9 Å². The molecule has 2 rings (SSSR count). The minimum absolute atomic E-state index is 0.152. The fourth-order valence-electron chi connectivity index (χ4n) is 2.26. The third-order valence-electron chi connectivity index (χ3n) is 3.54. The van der Waals surface area contributed by atoms with E-state index in [9.17, 15) is 4.79 Å². The molecule has 0 bridgehead atoms. The van der Waals surface area contributed by atoms with Crippen LogP contribution in [0.2, 0.25) is 5.02 Å². The maximum atomic E-state index is 10.9. The molecule has 0 heterocycles. The average molecular weight is 253 g/mol. The van der Waals surface area contributed by atoms with Gasteiger partial charge in [0.25, 0.3) is 0 Å². The topological polar surface area (TPSA) is 37.3 Å². The summed E-state index contributed by atoms with van der Waals surface area (Å²) in [5.41, 5.74) is 2.13. The molecule has 1 aromatic rings. The number of aliphatic carboxylic acids is 1. The van der Waals surface area contributed by atoms with Gasteiger partial charge in [0.15, 0.2) is 0 Å². The molecule has 0 saturated heterocycles. The van der Waals surface area contributed by atoms with Crippen molar-refractivity contribution in [3.05, 3.63) is 34.3 Å². The van der Waals surface area contributed by atoms with Crippen LogP contribution in [0.15, 0.2) is 18.2 Å². The van der Waals surface area contributed by atoms with Crippen LogP contribution in [0.3, 0.4) is 0 Å². The van der Waals surface area contributed by atoms with Crippen LogP contribution in [0, 0.1) is 0 Å². The average Bonchev–Trinajstić information content (AvgIpc) is 2.97. The Morgan fingerprint density at radius 1 is 1.41 bits per heavy atom. The molecule has 0 amide bonds. The fourth-order valence-corrected chi connectivity index (χ4v) is 2.50. The van der Waals surface area contributed by atoms with Gasteiger partial charge in [-0.25, -0.2) is 0 Å². The van der Waals surface area contributed by atoms with Crippen LogP contribution in [0.1, 0.15) is 50.2 Å². The quantitative estimate of drug-likeness (QED) is 0.880. The monoisotopic (exact) mass is 252 g/mol. The highest BCUT2D eigenvalue weighted by Crippen LogP contribution is 2.51.